The van der Waals surface area contributed by atoms with E-state index in [-0.39, 0.29) is 0 Å². The number of methoxy groups -OCH3 is 1. The number of ether oxygens (including phenoxy) is 2. The van der Waals surface area contributed by atoms with Crippen molar-refractivity contribution in [2.45, 2.75) is 39.3 Å². The van der Waals surface area contributed by atoms with Crippen LogP contribution in [0.4, 0.5) is 0 Å². The lowest BCUT2D eigenvalue weighted by Crippen LogP contribution is -2.22. The largest absolute Gasteiger partial charge is 0.493 e. The van der Waals surface area contributed by atoms with Crippen LogP contribution in [-0.4, -0.2) is 31.0 Å². The lowest BCUT2D eigenvalue weighted by Gasteiger charge is -2.19. The Hall–Kier alpha value is -1.26. The maximum atomic E-state index is 9.71. The van der Waals surface area contributed by atoms with Crippen LogP contribution >= 0.6 is 0 Å². The van der Waals surface area contributed by atoms with Crippen molar-refractivity contribution in [3.05, 3.63) is 23.8 Å². The fourth-order valence-corrected chi connectivity index (χ4v) is 1.69. The second kappa shape index (κ2) is 7.36. The number of nitrogens with one attached hydrogen (secondary N) is 1. The Kier molecular flexibility index (Phi) is 6.12. The normalized spacial score (nSPS) is 11.4. The number of hydrogen-bond donors (Lipinski definition) is 2. The third kappa shape index (κ3) is 5.49. The molecule has 1 aromatic carbocycles. The van der Waals surface area contributed by atoms with Crippen molar-refractivity contribution in [1.82, 2.24) is 5.32 Å². The van der Waals surface area contributed by atoms with E-state index in [4.69, 9.17) is 9.47 Å². The number of para-hydroxylation sites is 1. The molecule has 4 heteroatoms. The molecule has 0 spiro atoms. The number of rotatable bonds is 8. The molecule has 108 valence electrons. The molecular formula is C15H25NO3. The predicted molar refractivity (Wildman–Crippen MR) is 76.8 cm³/mol. The molecule has 1 rings (SSSR count). The summed E-state index contributed by atoms with van der Waals surface area (Å²) >= 11 is 0. The van der Waals surface area contributed by atoms with Gasteiger partial charge in [0.15, 0.2) is 11.5 Å². The Morgan fingerprint density at radius 1 is 1.32 bits per heavy atom. The van der Waals surface area contributed by atoms with Crippen molar-refractivity contribution in [2.75, 3.05) is 20.3 Å². The molecule has 0 aromatic heterocycles. The molecule has 0 fully saturated rings. The summed E-state index contributed by atoms with van der Waals surface area (Å²) < 4.78 is 11.1. The van der Waals surface area contributed by atoms with Crippen LogP contribution in [0.2, 0.25) is 0 Å². The highest BCUT2D eigenvalue weighted by atomic mass is 16.5. The predicted octanol–water partition coefficient (Wildman–Crippen LogP) is 2.34. The van der Waals surface area contributed by atoms with Crippen molar-refractivity contribution in [1.29, 1.82) is 0 Å². The zero-order chi connectivity index (χ0) is 14.3. The fourth-order valence-electron chi connectivity index (χ4n) is 1.69. The number of hydrogen-bond acceptors (Lipinski definition) is 4. The molecule has 19 heavy (non-hydrogen) atoms. The van der Waals surface area contributed by atoms with Gasteiger partial charge in [0.1, 0.15) is 0 Å². The highest BCUT2D eigenvalue weighted by molar-refractivity contribution is 5.46. The fraction of sp³-hybridized carbons (Fsp3) is 0.600. The molecule has 0 heterocycles. The molecule has 4 nitrogen and oxygen atoms in total. The molecule has 0 saturated carbocycles. The van der Waals surface area contributed by atoms with Gasteiger partial charge in [-0.05, 0) is 26.5 Å². The van der Waals surface area contributed by atoms with Crippen molar-refractivity contribution in [3.8, 4) is 11.5 Å². The van der Waals surface area contributed by atoms with Crippen molar-refractivity contribution >= 4 is 0 Å². The molecule has 0 amide bonds. The summed E-state index contributed by atoms with van der Waals surface area (Å²) in [4.78, 5) is 0. The van der Waals surface area contributed by atoms with Gasteiger partial charge in [0.05, 0.1) is 19.3 Å². The van der Waals surface area contributed by atoms with Crippen LogP contribution in [0.3, 0.4) is 0 Å². The van der Waals surface area contributed by atoms with Gasteiger partial charge in [-0.2, -0.15) is 0 Å². The average molecular weight is 267 g/mol. The molecular weight excluding hydrogens is 242 g/mol. The summed E-state index contributed by atoms with van der Waals surface area (Å²) in [6, 6.07) is 5.85. The Bertz CT molecular complexity index is 385. The van der Waals surface area contributed by atoms with Crippen molar-refractivity contribution in [3.63, 3.8) is 0 Å². The standard InChI is InChI=1S/C15H25NO3/c1-5-16-11-12-7-6-8-13(18-4)14(12)19-10-9-15(2,3)17/h6-8,16-17H,5,9-11H2,1-4H3. The summed E-state index contributed by atoms with van der Waals surface area (Å²) in [5, 5.41) is 13.0. The van der Waals surface area contributed by atoms with Crippen molar-refractivity contribution in [2.24, 2.45) is 0 Å². The molecule has 1 aromatic rings. The van der Waals surface area contributed by atoms with E-state index in [9.17, 15) is 5.11 Å². The highest BCUT2D eigenvalue weighted by Crippen LogP contribution is 2.31. The molecule has 0 aliphatic heterocycles. The van der Waals surface area contributed by atoms with Gasteiger partial charge in [-0.25, -0.2) is 0 Å². The van der Waals surface area contributed by atoms with Gasteiger partial charge in [0, 0.05) is 18.5 Å². The molecule has 0 bridgehead atoms. The van der Waals surface area contributed by atoms with Gasteiger partial charge in [0.2, 0.25) is 0 Å². The Balaban J connectivity index is 2.76. The summed E-state index contributed by atoms with van der Waals surface area (Å²) in [5.74, 6) is 1.49. The molecule has 0 atom stereocenters. The van der Waals surface area contributed by atoms with Gasteiger partial charge in [-0.15, -0.1) is 0 Å². The maximum Gasteiger partial charge on any atom is 0.165 e. The molecule has 0 aliphatic rings. The van der Waals surface area contributed by atoms with Crippen LogP contribution in [-0.2, 0) is 6.54 Å². The molecule has 0 radical (unpaired) electrons. The van der Waals surface area contributed by atoms with Gasteiger partial charge >= 0.3 is 0 Å². The van der Waals surface area contributed by atoms with Gasteiger partial charge in [-0.3, -0.25) is 0 Å². The zero-order valence-corrected chi connectivity index (χ0v) is 12.3. The maximum absolute atomic E-state index is 9.71. The first kappa shape index (κ1) is 15.8. The topological polar surface area (TPSA) is 50.7 Å². The van der Waals surface area contributed by atoms with Gasteiger partial charge in [0.25, 0.3) is 0 Å². The van der Waals surface area contributed by atoms with Crippen LogP contribution in [0.5, 0.6) is 11.5 Å². The minimum Gasteiger partial charge on any atom is -0.493 e. The zero-order valence-electron chi connectivity index (χ0n) is 12.3. The second-order valence-corrected chi connectivity index (χ2v) is 5.14. The number of aliphatic hydroxyl groups is 1. The molecule has 0 aliphatic carbocycles. The van der Waals surface area contributed by atoms with E-state index in [1.54, 1.807) is 21.0 Å². The highest BCUT2D eigenvalue weighted by Gasteiger charge is 2.15. The minimum absolute atomic E-state index is 0.461. The minimum atomic E-state index is -0.718. The number of benzene rings is 1. The van der Waals surface area contributed by atoms with Crippen LogP contribution in [0.1, 0.15) is 32.8 Å². The van der Waals surface area contributed by atoms with E-state index in [1.807, 2.05) is 18.2 Å². The van der Waals surface area contributed by atoms with Crippen LogP contribution in [0.25, 0.3) is 0 Å². The van der Waals surface area contributed by atoms with Crippen LogP contribution in [0.15, 0.2) is 18.2 Å². The Morgan fingerprint density at radius 3 is 2.63 bits per heavy atom. The van der Waals surface area contributed by atoms with Crippen LogP contribution < -0.4 is 14.8 Å². The molecule has 2 N–H and O–H groups in total. The van der Waals surface area contributed by atoms with E-state index < -0.39 is 5.60 Å². The first-order valence-electron chi connectivity index (χ1n) is 6.69. The monoisotopic (exact) mass is 267 g/mol. The summed E-state index contributed by atoms with van der Waals surface area (Å²) in [6.45, 7) is 7.72. The third-order valence-electron chi connectivity index (χ3n) is 2.81. The van der Waals surface area contributed by atoms with Gasteiger partial charge < -0.3 is 19.9 Å². The Morgan fingerprint density at radius 2 is 2.05 bits per heavy atom. The van der Waals surface area contributed by atoms with E-state index in [0.29, 0.717) is 13.0 Å². The van der Waals surface area contributed by atoms with E-state index in [1.165, 1.54) is 0 Å². The first-order valence-corrected chi connectivity index (χ1v) is 6.69. The average Bonchev–Trinajstić information content (AvgIpc) is 2.35. The first-order chi connectivity index (χ1) is 8.98. The molecule has 0 unspecified atom stereocenters. The van der Waals surface area contributed by atoms with Gasteiger partial charge in [-0.1, -0.05) is 19.1 Å². The quantitative estimate of drug-likeness (QED) is 0.759. The third-order valence-corrected chi connectivity index (χ3v) is 2.81. The second-order valence-electron chi connectivity index (χ2n) is 5.14. The smallest absolute Gasteiger partial charge is 0.165 e. The van der Waals surface area contributed by atoms with E-state index in [2.05, 4.69) is 12.2 Å². The summed E-state index contributed by atoms with van der Waals surface area (Å²) in [6.07, 6.45) is 0.575. The van der Waals surface area contributed by atoms with E-state index >= 15 is 0 Å². The van der Waals surface area contributed by atoms with Crippen LogP contribution in [0, 0.1) is 0 Å². The van der Waals surface area contributed by atoms with Crippen molar-refractivity contribution < 1.29 is 14.6 Å². The summed E-state index contributed by atoms with van der Waals surface area (Å²) in [7, 11) is 1.63. The lowest BCUT2D eigenvalue weighted by atomic mass is 10.1. The van der Waals surface area contributed by atoms with E-state index in [0.717, 1.165) is 30.2 Å². The molecule has 0 saturated heterocycles. The summed E-state index contributed by atoms with van der Waals surface area (Å²) in [5.41, 5.74) is 0.348. The Labute approximate surface area is 115 Å². The lowest BCUT2D eigenvalue weighted by molar-refractivity contribution is 0.0547. The SMILES string of the molecule is CCNCc1cccc(OC)c1OCCC(C)(C)O.